The molecule has 6 heteroatoms. The number of alkyl halides is 1. The lowest BCUT2D eigenvalue weighted by atomic mass is 10.2. The Bertz CT molecular complexity index is 713. The maximum atomic E-state index is 13.6. The lowest BCUT2D eigenvalue weighted by molar-refractivity contribution is -0.126. The average molecular weight is 328 g/mol. The molecule has 1 aromatic heterocycles. The Hall–Kier alpha value is -2.47. The van der Waals surface area contributed by atoms with Gasteiger partial charge in [0.1, 0.15) is 6.17 Å². The summed E-state index contributed by atoms with van der Waals surface area (Å²) < 4.78 is 15.4. The maximum absolute atomic E-state index is 13.6. The van der Waals surface area contributed by atoms with Crippen molar-refractivity contribution < 1.29 is 9.18 Å². The number of aromatic nitrogens is 2. The minimum Gasteiger partial charge on any atom is -0.332 e. The fourth-order valence-electron chi connectivity index (χ4n) is 2.97. The Morgan fingerprint density at radius 2 is 2.21 bits per heavy atom. The number of carbonyl (C=O) groups is 1. The zero-order valence-corrected chi connectivity index (χ0v) is 13.6. The van der Waals surface area contributed by atoms with Crippen LogP contribution in [0.2, 0.25) is 0 Å². The fraction of sp³-hybridized carbons (Fsp3) is 0.333. The number of nitrogens with one attached hydrogen (secondary N) is 1. The van der Waals surface area contributed by atoms with E-state index in [4.69, 9.17) is 0 Å². The number of carbonyl (C=O) groups excluding carboxylic acids is 1. The van der Waals surface area contributed by atoms with E-state index in [0.717, 1.165) is 11.3 Å². The molecule has 0 saturated carbocycles. The minimum absolute atomic E-state index is 0.0887. The molecule has 0 radical (unpaired) electrons. The van der Waals surface area contributed by atoms with Gasteiger partial charge in [0, 0.05) is 36.8 Å². The van der Waals surface area contributed by atoms with Crippen molar-refractivity contribution in [2.24, 2.45) is 0 Å². The van der Waals surface area contributed by atoms with Crippen molar-refractivity contribution in [3.8, 4) is 5.69 Å². The number of hydrogen-bond donors (Lipinski definition) is 1. The Kier molecular flexibility index (Phi) is 5.05. The zero-order chi connectivity index (χ0) is 16.9. The number of halogens is 1. The summed E-state index contributed by atoms with van der Waals surface area (Å²) in [4.78, 5) is 13.9. The molecule has 3 rings (SSSR count). The number of likely N-dealkylation sites (N-methyl/N-ethyl adjacent to an activating group) is 1. The van der Waals surface area contributed by atoms with E-state index in [-0.39, 0.29) is 18.5 Å². The molecule has 1 amide bonds. The first-order valence-corrected chi connectivity index (χ1v) is 8.05. The first-order chi connectivity index (χ1) is 11.7. The molecule has 0 spiro atoms. The minimum atomic E-state index is -0.943. The van der Waals surface area contributed by atoms with E-state index >= 15 is 0 Å². The van der Waals surface area contributed by atoms with Crippen LogP contribution >= 0.6 is 0 Å². The number of hydrogen-bond acceptors (Lipinski definition) is 3. The first-order valence-electron chi connectivity index (χ1n) is 8.05. The lowest BCUT2D eigenvalue weighted by Crippen LogP contribution is -2.40. The molecule has 0 unspecified atom stereocenters. The summed E-state index contributed by atoms with van der Waals surface area (Å²) in [5, 5.41) is 7.30. The maximum Gasteiger partial charge on any atom is 0.246 e. The highest BCUT2D eigenvalue weighted by Gasteiger charge is 2.33. The highest BCUT2D eigenvalue weighted by atomic mass is 19.1. The van der Waals surface area contributed by atoms with Gasteiger partial charge >= 0.3 is 0 Å². The molecule has 0 bridgehead atoms. The second kappa shape index (κ2) is 7.40. The highest BCUT2D eigenvalue weighted by Crippen LogP contribution is 2.20. The molecule has 2 heterocycles. The summed E-state index contributed by atoms with van der Waals surface area (Å²) in [5.74, 6) is -0.164. The molecule has 1 aromatic carbocycles. The second-order valence-electron chi connectivity index (χ2n) is 5.92. The summed E-state index contributed by atoms with van der Waals surface area (Å²) in [6.07, 6.45) is 6.22. The van der Waals surface area contributed by atoms with Crippen molar-refractivity contribution in [3.63, 3.8) is 0 Å². The topological polar surface area (TPSA) is 50.2 Å². The normalized spacial score (nSPS) is 20.8. The predicted octanol–water partition coefficient (Wildman–Crippen LogP) is 2.04. The van der Waals surface area contributed by atoms with E-state index in [1.807, 2.05) is 43.6 Å². The summed E-state index contributed by atoms with van der Waals surface area (Å²) in [6.45, 7) is 0.769. The molecular formula is C18H21FN4O. The Labute approximate surface area is 140 Å². The van der Waals surface area contributed by atoms with Crippen LogP contribution in [0.15, 0.2) is 48.8 Å². The Morgan fingerprint density at radius 1 is 1.42 bits per heavy atom. The number of rotatable bonds is 5. The van der Waals surface area contributed by atoms with Crippen molar-refractivity contribution in [3.05, 3.63) is 54.4 Å². The molecular weight excluding hydrogens is 307 g/mol. The third-order valence-corrected chi connectivity index (χ3v) is 4.13. The Morgan fingerprint density at radius 3 is 2.96 bits per heavy atom. The molecule has 1 N–H and O–H groups in total. The van der Waals surface area contributed by atoms with Gasteiger partial charge in [-0.1, -0.05) is 18.2 Å². The van der Waals surface area contributed by atoms with Crippen molar-refractivity contribution in [2.45, 2.75) is 18.6 Å². The van der Waals surface area contributed by atoms with E-state index in [9.17, 15) is 9.18 Å². The van der Waals surface area contributed by atoms with E-state index in [0.29, 0.717) is 13.0 Å². The van der Waals surface area contributed by atoms with Gasteiger partial charge in [-0.3, -0.25) is 4.79 Å². The number of nitrogens with zero attached hydrogens (tertiary/aromatic N) is 3. The number of para-hydroxylation sites is 1. The predicted molar refractivity (Wildman–Crippen MR) is 91.5 cm³/mol. The summed E-state index contributed by atoms with van der Waals surface area (Å²) in [5.41, 5.74) is 1.78. The molecule has 1 aliphatic heterocycles. The molecule has 1 fully saturated rings. The van der Waals surface area contributed by atoms with Gasteiger partial charge in [0.2, 0.25) is 5.91 Å². The van der Waals surface area contributed by atoms with Crippen LogP contribution in [0.1, 0.15) is 12.0 Å². The summed E-state index contributed by atoms with van der Waals surface area (Å²) in [7, 11) is 1.81. The monoisotopic (exact) mass is 328 g/mol. The molecule has 2 atom stereocenters. The van der Waals surface area contributed by atoms with Crippen LogP contribution in [-0.2, 0) is 4.79 Å². The van der Waals surface area contributed by atoms with Crippen LogP contribution in [0.3, 0.4) is 0 Å². The van der Waals surface area contributed by atoms with Gasteiger partial charge in [-0.15, -0.1) is 0 Å². The van der Waals surface area contributed by atoms with Crippen LogP contribution in [0, 0.1) is 0 Å². The first kappa shape index (κ1) is 16.4. The second-order valence-corrected chi connectivity index (χ2v) is 5.92. The van der Waals surface area contributed by atoms with Crippen LogP contribution < -0.4 is 5.32 Å². The molecule has 0 aliphatic carbocycles. The van der Waals surface area contributed by atoms with E-state index in [1.165, 1.54) is 6.08 Å². The van der Waals surface area contributed by atoms with E-state index in [2.05, 4.69) is 10.4 Å². The number of amides is 1. The van der Waals surface area contributed by atoms with Crippen molar-refractivity contribution >= 4 is 12.0 Å². The molecule has 1 saturated heterocycles. The molecule has 2 aromatic rings. The van der Waals surface area contributed by atoms with Crippen LogP contribution in [0.5, 0.6) is 0 Å². The van der Waals surface area contributed by atoms with Crippen molar-refractivity contribution in [1.82, 2.24) is 20.0 Å². The van der Waals surface area contributed by atoms with Gasteiger partial charge in [-0.25, -0.2) is 9.07 Å². The lowest BCUT2D eigenvalue weighted by Gasteiger charge is -2.22. The molecule has 24 heavy (non-hydrogen) atoms. The smallest absolute Gasteiger partial charge is 0.246 e. The van der Waals surface area contributed by atoms with Crippen molar-refractivity contribution in [2.75, 3.05) is 20.1 Å². The number of benzene rings is 1. The molecule has 126 valence electrons. The van der Waals surface area contributed by atoms with Crippen molar-refractivity contribution in [1.29, 1.82) is 0 Å². The van der Waals surface area contributed by atoms with Gasteiger partial charge in [-0.2, -0.15) is 5.10 Å². The zero-order valence-electron chi connectivity index (χ0n) is 13.6. The van der Waals surface area contributed by atoms with Gasteiger partial charge < -0.3 is 10.2 Å². The third-order valence-electron chi connectivity index (χ3n) is 4.13. The van der Waals surface area contributed by atoms with Gasteiger partial charge in [0.15, 0.2) is 0 Å². The standard InChI is InChI=1S/C18H21FN4O/c1-20-11-17-9-15(19)13-22(17)18(24)8-7-14-10-21-23(12-14)16-5-3-2-4-6-16/h2-8,10,12,15,17,20H,9,11,13H2,1H3/b8-7+/t15-,17-/m0/s1. The van der Waals surface area contributed by atoms with E-state index < -0.39 is 6.17 Å². The SMILES string of the molecule is CNC[C@@H]1C[C@H](F)CN1C(=O)/C=C/c1cnn(-c2ccccc2)c1. The largest absolute Gasteiger partial charge is 0.332 e. The number of likely N-dealkylation sites (tertiary alicyclic amines) is 1. The highest BCUT2D eigenvalue weighted by molar-refractivity contribution is 5.92. The Balaban J connectivity index is 1.67. The van der Waals surface area contributed by atoms with E-state index in [1.54, 1.807) is 21.9 Å². The quantitative estimate of drug-likeness (QED) is 0.855. The summed E-state index contributed by atoms with van der Waals surface area (Å²) in [6, 6.07) is 9.66. The van der Waals surface area contributed by atoms with Crippen LogP contribution in [0.25, 0.3) is 11.8 Å². The van der Waals surface area contributed by atoms with Crippen LogP contribution in [-0.4, -0.2) is 52.9 Å². The van der Waals surface area contributed by atoms with Gasteiger partial charge in [0.05, 0.1) is 18.4 Å². The van der Waals surface area contributed by atoms with Gasteiger partial charge in [0.25, 0.3) is 0 Å². The average Bonchev–Trinajstić information content (AvgIpc) is 3.21. The summed E-state index contributed by atoms with van der Waals surface area (Å²) >= 11 is 0. The van der Waals surface area contributed by atoms with Crippen LogP contribution in [0.4, 0.5) is 4.39 Å². The molecule has 1 aliphatic rings. The van der Waals surface area contributed by atoms with Gasteiger partial charge in [-0.05, 0) is 25.3 Å². The fourth-order valence-corrected chi connectivity index (χ4v) is 2.97. The molecule has 5 nitrogen and oxygen atoms in total. The third kappa shape index (κ3) is 3.71.